The summed E-state index contributed by atoms with van der Waals surface area (Å²) in [5.74, 6) is -0.353. The number of nitrogens with two attached hydrogens (primary N) is 1. The predicted molar refractivity (Wildman–Crippen MR) is 471 cm³/mol. The average Bonchev–Trinajstić information content (AvgIpc) is 1.67. The molecule has 124 heavy (non-hydrogen) atoms. The molecule has 11 N–H and O–H groups in total. The number of anilines is 1. The third-order valence-corrected chi connectivity index (χ3v) is 17.2. The first kappa shape index (κ1) is 101. The number of carbonyl (C=O) groups excluding carboxylic acids is 10. The zero-order valence-electron chi connectivity index (χ0n) is 74.8. The number of hydrogen-bond donors (Lipinski definition) is 10. The number of nitrogen functional groups attached to an aromatic ring is 1. The van der Waals surface area contributed by atoms with Gasteiger partial charge in [-0.05, 0) is 268 Å². The number of aromatic amines is 4. The highest BCUT2D eigenvalue weighted by molar-refractivity contribution is 9.09. The molecule has 4 amide bonds. The van der Waals surface area contributed by atoms with Gasteiger partial charge in [-0.15, -0.1) is 11.3 Å². The van der Waals surface area contributed by atoms with Crippen LogP contribution in [0.25, 0.3) is 43.6 Å². The van der Waals surface area contributed by atoms with Gasteiger partial charge < -0.3 is 109 Å². The van der Waals surface area contributed by atoms with E-state index in [0.717, 1.165) is 54.9 Å². The third-order valence-electron chi connectivity index (χ3n) is 16.0. The number of aliphatic carboxylic acids is 1. The van der Waals surface area contributed by atoms with Crippen LogP contribution in [0.3, 0.4) is 0 Å². The van der Waals surface area contributed by atoms with Crippen LogP contribution in [0.2, 0.25) is 0 Å². The average molecular weight is 1810 g/mol. The van der Waals surface area contributed by atoms with Crippen LogP contribution in [0.15, 0.2) is 103 Å². The highest BCUT2D eigenvalue weighted by Crippen LogP contribution is 2.33. The number of hydrogen-bond acceptors (Lipinski definition) is 26. The van der Waals surface area contributed by atoms with E-state index in [-0.39, 0.29) is 41.9 Å². The summed E-state index contributed by atoms with van der Waals surface area (Å²) in [6.07, 6.45) is 2.02. The zero-order valence-corrected chi connectivity index (χ0v) is 77.2. The number of nitrogens with zero attached hydrogens (tertiary/aromatic N) is 1. The van der Waals surface area contributed by atoms with Gasteiger partial charge in [-0.2, -0.15) is 0 Å². The molecule has 0 unspecified atom stereocenters. The first-order valence-electron chi connectivity index (χ1n) is 39.6. The van der Waals surface area contributed by atoms with Gasteiger partial charge in [0.2, 0.25) is 0 Å². The maximum atomic E-state index is 12.5. The van der Waals surface area contributed by atoms with Crippen LogP contribution < -0.4 is 45.9 Å². The maximum absolute atomic E-state index is 12.5. The number of ketones is 2. The largest absolute Gasteiger partial charge is 0.514 e. The van der Waals surface area contributed by atoms with Crippen molar-refractivity contribution in [2.24, 2.45) is 0 Å². The number of alkyl halides is 1. The molecule has 0 aliphatic carbocycles. The van der Waals surface area contributed by atoms with Gasteiger partial charge in [0, 0.05) is 99.5 Å². The Morgan fingerprint density at radius 1 is 0.387 bits per heavy atom. The Morgan fingerprint density at radius 3 is 0.903 bits per heavy atom. The van der Waals surface area contributed by atoms with E-state index in [4.69, 9.17) is 62.6 Å². The van der Waals surface area contributed by atoms with Crippen LogP contribution in [0.4, 0.5) is 43.5 Å². The van der Waals surface area contributed by atoms with Crippen LogP contribution in [0.1, 0.15) is 207 Å². The molecule has 0 saturated carbocycles. The summed E-state index contributed by atoms with van der Waals surface area (Å²) in [6.45, 7) is 43.4. The monoisotopic (exact) mass is 1810 g/mol. The molecule has 34 nitrogen and oxygen atoms in total. The van der Waals surface area contributed by atoms with Gasteiger partial charge in [-0.1, -0.05) is 15.9 Å². The minimum Gasteiger partial charge on any atom is -0.480 e. The second kappa shape index (κ2) is 41.9. The van der Waals surface area contributed by atoms with Crippen molar-refractivity contribution in [3.05, 3.63) is 131 Å². The second-order valence-corrected chi connectivity index (χ2v) is 38.1. The number of rotatable bonds is 21. The number of alkyl carbamates (subject to hydrolysis) is 4. The van der Waals surface area contributed by atoms with Gasteiger partial charge in [0.1, 0.15) is 73.8 Å². The summed E-state index contributed by atoms with van der Waals surface area (Å²) in [7, 11) is 0. The lowest BCUT2D eigenvalue weighted by Crippen LogP contribution is -2.45. The van der Waals surface area contributed by atoms with Crippen molar-refractivity contribution in [1.29, 1.82) is 0 Å². The lowest BCUT2D eigenvalue weighted by Gasteiger charge is -2.23. The van der Waals surface area contributed by atoms with Crippen LogP contribution in [0, 0.1) is 0 Å². The molecular weight excluding hydrogens is 1690 g/mol. The van der Waals surface area contributed by atoms with Crippen LogP contribution in [0.5, 0.6) is 23.0 Å². The molecule has 4 atom stereocenters. The number of benzene rings is 4. The first-order chi connectivity index (χ1) is 57.0. The SMILES string of the molecule is CC(=O)[C@H](Cc1c[nH]c2ccc(OC(=O)OC(C)(C)C)cc12)NC(=O)OC(C)(C)C.CC(C)(C)OC(=O)N[C@@H](Cc1c[nH]c2ccc(OC(=O)OC(C)(C)C)cc12)C(=O)CBr.CC(C)(C)OC(=O)N[C@@H](Cc1c[nH]c2ccc(OC(=O)OC(C)(C)C)cc12)C(=O)O.CC(C)(C)OC(=O)N[C@@H](Cc1c[nH]c2ccc(OC(=O)OC(C)(C)C)cc12)c1csc(N)n1. The van der Waals surface area contributed by atoms with Crippen LogP contribution >= 0.6 is 27.3 Å². The predicted octanol–water partition coefficient (Wildman–Crippen LogP) is 18.7. The van der Waals surface area contributed by atoms with Gasteiger partial charge in [0.25, 0.3) is 0 Å². The fraction of sp³-hybridized carbons (Fsp3) is 0.477. The molecule has 0 spiro atoms. The van der Waals surface area contributed by atoms with Gasteiger partial charge in [-0.25, -0.2) is 48.1 Å². The summed E-state index contributed by atoms with van der Waals surface area (Å²) < 4.78 is 62.9. The Morgan fingerprint density at radius 2 is 0.645 bits per heavy atom. The highest BCUT2D eigenvalue weighted by atomic mass is 79.9. The Hall–Kier alpha value is -12.1. The third kappa shape index (κ3) is 35.8. The molecule has 0 aliphatic heterocycles. The van der Waals surface area contributed by atoms with Crippen LogP contribution in [-0.4, -0.2) is 165 Å². The number of carboxylic acids is 1. The van der Waals surface area contributed by atoms with Gasteiger partial charge in [-0.3, -0.25) is 9.59 Å². The number of H-pyrrole nitrogens is 4. The van der Waals surface area contributed by atoms with E-state index in [9.17, 15) is 57.8 Å². The quantitative estimate of drug-likeness (QED) is 0.0138. The van der Waals surface area contributed by atoms with Gasteiger partial charge in [0.15, 0.2) is 16.7 Å². The van der Waals surface area contributed by atoms with E-state index < -0.39 is 124 Å². The Balaban J connectivity index is 0.000000256. The molecule has 5 heterocycles. The summed E-state index contributed by atoms with van der Waals surface area (Å²) in [4.78, 5) is 150. The fourth-order valence-electron chi connectivity index (χ4n) is 11.2. The molecular formula is C88H117BrN10O24S. The minimum atomic E-state index is -1.20. The minimum absolute atomic E-state index is 0.00443. The van der Waals surface area contributed by atoms with E-state index in [1.54, 1.807) is 251 Å². The van der Waals surface area contributed by atoms with E-state index in [1.807, 2.05) is 17.6 Å². The normalized spacial score (nSPS) is 12.9. The number of halogens is 1. The molecule has 9 aromatic rings. The Labute approximate surface area is 732 Å². The fourth-order valence-corrected chi connectivity index (χ4v) is 12.2. The molecule has 0 aliphatic rings. The number of carboxylic acid groups (broad SMARTS) is 1. The molecule has 4 aromatic carbocycles. The van der Waals surface area contributed by atoms with Crippen molar-refractivity contribution in [3.8, 4) is 23.0 Å². The Kier molecular flexibility index (Phi) is 34.0. The molecule has 0 fully saturated rings. The zero-order chi connectivity index (χ0) is 93.2. The number of aromatic nitrogens is 5. The van der Waals surface area contributed by atoms with Crippen molar-refractivity contribution in [3.63, 3.8) is 0 Å². The molecule has 0 saturated heterocycles. The number of carbonyl (C=O) groups is 11. The number of Topliss-reactive ketones (excluding diaryl/α,β-unsaturated/α-hetero) is 2. The molecule has 0 bridgehead atoms. The first-order valence-corrected chi connectivity index (χ1v) is 41.6. The van der Waals surface area contributed by atoms with E-state index in [0.29, 0.717) is 45.4 Å². The molecule has 9 rings (SSSR count). The number of ether oxygens (including phenoxy) is 12. The summed E-state index contributed by atoms with van der Waals surface area (Å²) in [5.41, 5.74) is 7.32. The lowest BCUT2D eigenvalue weighted by atomic mass is 10.0. The summed E-state index contributed by atoms with van der Waals surface area (Å²) >= 11 is 4.46. The summed E-state index contributed by atoms with van der Waals surface area (Å²) in [5, 5.41) is 25.4. The number of amides is 4. The lowest BCUT2D eigenvalue weighted by molar-refractivity contribution is -0.139. The van der Waals surface area contributed by atoms with Crippen LogP contribution in [-0.2, 0) is 78.0 Å². The number of fused-ring (bicyclic) bond motifs is 4. The highest BCUT2D eigenvalue weighted by Gasteiger charge is 2.32. The second-order valence-electron chi connectivity index (χ2n) is 36.6. The molecule has 36 heteroatoms. The molecule has 676 valence electrons. The maximum Gasteiger partial charge on any atom is 0.514 e. The number of nitrogens with one attached hydrogen (secondary N) is 8. The Bertz CT molecular complexity index is 5100. The van der Waals surface area contributed by atoms with Crippen molar-refractivity contribution < 1.29 is 115 Å². The standard InChI is InChI=1S/C23H30N4O5S.C22H29BrN2O6.C22H30N2O6.C21H28N2O7/c1-22(2,3)31-20(28)27-17(18-12-33-19(24)26-18)9-13-11-25-16-8-7-14(10-15(13)16)30-21(29)32-23(4,5)6;1-21(2,3)30-19(27)25-17(18(26)11-23)9-13-12-24-16-8-7-14(10-15(13)16)29-20(28)31-22(4,5)6;1-13(25)18(24-19(26)29-21(2,3)4)10-14-12-23-17-9-8-15(11-16(14)17)28-20(27)30-22(5,6)7;1-20(2,3)29-18(26)23-16(17(24)25)9-12-11-22-15-8-7-13(10-14(12)15)28-19(27)30-21(4,5)6/h7-8,10-12,17,25H,9H2,1-6H3,(H2,24,26)(H,27,28);7-8,10,12,17,24H,9,11H2,1-6H3,(H,25,27);8-9,11-12,18,23H,10H2,1-7H3,(H,24,26);7-8,10-11,16,22H,9H2,1-6H3,(H,23,26)(H,24,25)/t2*17-;18-;16-/m0000/s1. The summed E-state index contributed by atoms with van der Waals surface area (Å²) in [6, 6.07) is 17.2. The molecule has 5 aromatic heterocycles. The van der Waals surface area contributed by atoms with Crippen molar-refractivity contribution in [1.82, 2.24) is 46.2 Å². The molecule has 0 radical (unpaired) electrons. The smallest absolute Gasteiger partial charge is 0.480 e. The topological polar surface area (TPSA) is 469 Å². The van der Waals surface area contributed by atoms with Crippen molar-refractivity contribution in [2.75, 3.05) is 11.1 Å². The van der Waals surface area contributed by atoms with Crippen molar-refractivity contribution in [2.45, 2.75) is 268 Å². The van der Waals surface area contributed by atoms with Crippen molar-refractivity contribution >= 4 is 143 Å². The van der Waals surface area contributed by atoms with Gasteiger partial charge >= 0.3 is 55.0 Å². The number of thiazole rings is 1. The van der Waals surface area contributed by atoms with Gasteiger partial charge in [0.05, 0.1) is 29.1 Å². The van der Waals surface area contributed by atoms with E-state index in [2.05, 4.69) is 62.1 Å². The van der Waals surface area contributed by atoms with E-state index in [1.165, 1.54) is 18.3 Å². The van der Waals surface area contributed by atoms with E-state index >= 15 is 0 Å².